The van der Waals surface area contributed by atoms with Gasteiger partial charge in [-0.1, -0.05) is 29.4 Å². The number of benzene rings is 2. The first-order valence-corrected chi connectivity index (χ1v) is 7.78. The van der Waals surface area contributed by atoms with Crippen molar-refractivity contribution in [3.8, 4) is 17.1 Å². The van der Waals surface area contributed by atoms with Gasteiger partial charge in [-0.05, 0) is 36.8 Å². The number of amides is 1. The van der Waals surface area contributed by atoms with Gasteiger partial charge >= 0.3 is 0 Å². The summed E-state index contributed by atoms with van der Waals surface area (Å²) in [4.78, 5) is 11.9. The Morgan fingerprint density at radius 3 is 2.84 bits per heavy atom. The van der Waals surface area contributed by atoms with Crippen LogP contribution in [0.4, 0.5) is 4.39 Å². The number of halogens is 1. The van der Waals surface area contributed by atoms with Gasteiger partial charge in [-0.25, -0.2) is 4.39 Å². The molecule has 0 atom stereocenters. The van der Waals surface area contributed by atoms with E-state index < -0.39 is 0 Å². The molecule has 0 bridgehead atoms. The van der Waals surface area contributed by atoms with Crippen LogP contribution in [0.1, 0.15) is 11.3 Å². The van der Waals surface area contributed by atoms with Crippen LogP contribution in [-0.2, 0) is 11.3 Å². The van der Waals surface area contributed by atoms with Crippen LogP contribution < -0.4 is 10.1 Å². The van der Waals surface area contributed by atoms with Gasteiger partial charge in [0.25, 0.3) is 5.91 Å². The first-order chi connectivity index (χ1) is 12.1. The summed E-state index contributed by atoms with van der Waals surface area (Å²) in [5.41, 5.74) is 1.89. The van der Waals surface area contributed by atoms with Crippen LogP contribution in [0, 0.1) is 12.7 Å². The van der Waals surface area contributed by atoms with E-state index in [1.165, 1.54) is 6.07 Å². The highest BCUT2D eigenvalue weighted by Crippen LogP contribution is 2.23. The summed E-state index contributed by atoms with van der Waals surface area (Å²) in [7, 11) is 0. The van der Waals surface area contributed by atoms with Crippen molar-refractivity contribution in [1.82, 2.24) is 10.5 Å². The fourth-order valence-electron chi connectivity index (χ4n) is 2.28. The summed E-state index contributed by atoms with van der Waals surface area (Å²) in [6.45, 7) is 2.03. The lowest BCUT2D eigenvalue weighted by Gasteiger charge is -2.06. The van der Waals surface area contributed by atoms with Gasteiger partial charge in [0.1, 0.15) is 17.3 Å². The molecule has 128 valence electrons. The Morgan fingerprint density at radius 1 is 1.20 bits per heavy atom. The van der Waals surface area contributed by atoms with E-state index in [1.54, 1.807) is 30.3 Å². The minimum Gasteiger partial charge on any atom is -0.484 e. The molecule has 0 fully saturated rings. The number of aromatic nitrogens is 1. The lowest BCUT2D eigenvalue weighted by Crippen LogP contribution is -2.28. The Labute approximate surface area is 144 Å². The number of carbonyl (C=O) groups is 1. The Balaban J connectivity index is 1.52. The second-order valence-corrected chi connectivity index (χ2v) is 5.54. The fraction of sp³-hybridized carbons (Fsp3) is 0.158. The SMILES string of the molecule is Cc1cccc(OCC(=O)NCc2cc(-c3ccccc3F)on2)c1. The number of hydrogen-bond donors (Lipinski definition) is 1. The Hall–Kier alpha value is -3.15. The summed E-state index contributed by atoms with van der Waals surface area (Å²) in [6.07, 6.45) is 0. The maximum absolute atomic E-state index is 13.7. The minimum absolute atomic E-state index is 0.0958. The Kier molecular flexibility index (Phi) is 5.09. The lowest BCUT2D eigenvalue weighted by atomic mass is 10.1. The summed E-state index contributed by atoms with van der Waals surface area (Å²) in [5, 5.41) is 6.52. The van der Waals surface area contributed by atoms with E-state index in [2.05, 4.69) is 10.5 Å². The molecule has 0 saturated heterocycles. The first-order valence-electron chi connectivity index (χ1n) is 7.78. The summed E-state index contributed by atoms with van der Waals surface area (Å²) in [6, 6.07) is 15.3. The molecule has 1 aromatic heterocycles. The summed E-state index contributed by atoms with van der Waals surface area (Å²) in [5.74, 6) is 0.287. The smallest absolute Gasteiger partial charge is 0.258 e. The van der Waals surface area contributed by atoms with Gasteiger partial charge in [-0.3, -0.25) is 4.79 Å². The number of rotatable bonds is 6. The van der Waals surface area contributed by atoms with Crippen molar-refractivity contribution in [3.05, 3.63) is 71.7 Å². The largest absolute Gasteiger partial charge is 0.484 e. The standard InChI is InChI=1S/C19H17FN2O3/c1-13-5-4-6-15(9-13)24-12-19(23)21-11-14-10-18(25-22-14)16-7-2-3-8-17(16)20/h2-10H,11-12H2,1H3,(H,21,23). The Bertz CT molecular complexity index is 876. The molecule has 3 rings (SSSR count). The van der Waals surface area contributed by atoms with Crippen LogP contribution in [-0.4, -0.2) is 17.7 Å². The van der Waals surface area contributed by atoms with Crippen molar-refractivity contribution in [2.24, 2.45) is 0 Å². The van der Waals surface area contributed by atoms with Crippen LogP contribution in [0.25, 0.3) is 11.3 Å². The molecule has 0 radical (unpaired) electrons. The number of aryl methyl sites for hydroxylation is 1. The fourth-order valence-corrected chi connectivity index (χ4v) is 2.28. The van der Waals surface area contributed by atoms with Crippen molar-refractivity contribution in [3.63, 3.8) is 0 Å². The first kappa shape index (κ1) is 16.7. The van der Waals surface area contributed by atoms with Crippen LogP contribution in [0.5, 0.6) is 5.75 Å². The van der Waals surface area contributed by atoms with Gasteiger partial charge in [0.05, 0.1) is 12.1 Å². The molecule has 0 aliphatic carbocycles. The molecular weight excluding hydrogens is 323 g/mol. The van der Waals surface area contributed by atoms with Gasteiger partial charge in [0.2, 0.25) is 0 Å². The second-order valence-electron chi connectivity index (χ2n) is 5.54. The molecular formula is C19H17FN2O3. The van der Waals surface area contributed by atoms with E-state index in [1.807, 2.05) is 25.1 Å². The highest BCUT2D eigenvalue weighted by molar-refractivity contribution is 5.77. The molecule has 1 N–H and O–H groups in total. The highest BCUT2D eigenvalue weighted by Gasteiger charge is 2.11. The van der Waals surface area contributed by atoms with Gasteiger partial charge in [-0.15, -0.1) is 0 Å². The summed E-state index contributed by atoms with van der Waals surface area (Å²) >= 11 is 0. The third kappa shape index (κ3) is 4.44. The van der Waals surface area contributed by atoms with E-state index in [9.17, 15) is 9.18 Å². The molecule has 1 heterocycles. The van der Waals surface area contributed by atoms with Crippen LogP contribution >= 0.6 is 0 Å². The Morgan fingerprint density at radius 2 is 2.04 bits per heavy atom. The number of carbonyl (C=O) groups excluding carboxylic acids is 1. The number of hydrogen-bond acceptors (Lipinski definition) is 4. The molecule has 0 spiro atoms. The predicted octanol–water partition coefficient (Wildman–Crippen LogP) is 3.48. The summed E-state index contributed by atoms with van der Waals surface area (Å²) < 4.78 is 24.3. The maximum atomic E-state index is 13.7. The van der Waals surface area contributed by atoms with E-state index >= 15 is 0 Å². The van der Waals surface area contributed by atoms with Crippen molar-refractivity contribution in [1.29, 1.82) is 0 Å². The predicted molar refractivity (Wildman–Crippen MR) is 90.4 cm³/mol. The average molecular weight is 340 g/mol. The topological polar surface area (TPSA) is 64.4 Å². The third-order valence-electron chi connectivity index (χ3n) is 3.52. The zero-order valence-electron chi connectivity index (χ0n) is 13.7. The van der Waals surface area contributed by atoms with Gasteiger partial charge in [-0.2, -0.15) is 0 Å². The molecule has 6 heteroatoms. The zero-order valence-corrected chi connectivity index (χ0v) is 13.7. The maximum Gasteiger partial charge on any atom is 0.258 e. The molecule has 25 heavy (non-hydrogen) atoms. The molecule has 0 aliphatic heterocycles. The second kappa shape index (κ2) is 7.61. The van der Waals surface area contributed by atoms with Crippen LogP contribution in [0.3, 0.4) is 0 Å². The third-order valence-corrected chi connectivity index (χ3v) is 3.52. The molecule has 2 aromatic carbocycles. The molecule has 5 nitrogen and oxygen atoms in total. The molecule has 1 amide bonds. The molecule has 0 unspecified atom stereocenters. The lowest BCUT2D eigenvalue weighted by molar-refractivity contribution is -0.123. The quantitative estimate of drug-likeness (QED) is 0.746. The molecule has 0 aliphatic rings. The van der Waals surface area contributed by atoms with E-state index in [-0.39, 0.29) is 24.9 Å². The monoisotopic (exact) mass is 340 g/mol. The van der Waals surface area contributed by atoms with Crippen LogP contribution in [0.15, 0.2) is 59.1 Å². The van der Waals surface area contributed by atoms with E-state index in [0.29, 0.717) is 22.8 Å². The number of nitrogens with one attached hydrogen (secondary N) is 1. The van der Waals surface area contributed by atoms with Crippen molar-refractivity contribution >= 4 is 5.91 Å². The number of ether oxygens (including phenoxy) is 1. The normalized spacial score (nSPS) is 10.5. The number of nitrogens with zero attached hydrogens (tertiary/aromatic N) is 1. The highest BCUT2D eigenvalue weighted by atomic mass is 19.1. The van der Waals surface area contributed by atoms with Crippen molar-refractivity contribution in [2.75, 3.05) is 6.61 Å². The van der Waals surface area contributed by atoms with Gasteiger partial charge < -0.3 is 14.6 Å². The van der Waals surface area contributed by atoms with E-state index in [0.717, 1.165) is 5.56 Å². The van der Waals surface area contributed by atoms with Crippen molar-refractivity contribution < 1.29 is 18.4 Å². The zero-order chi connectivity index (χ0) is 17.6. The van der Waals surface area contributed by atoms with E-state index in [4.69, 9.17) is 9.26 Å². The van der Waals surface area contributed by atoms with Crippen LogP contribution in [0.2, 0.25) is 0 Å². The average Bonchev–Trinajstić information content (AvgIpc) is 3.07. The van der Waals surface area contributed by atoms with Gasteiger partial charge in [0, 0.05) is 6.07 Å². The van der Waals surface area contributed by atoms with Gasteiger partial charge in [0.15, 0.2) is 12.4 Å². The molecule has 0 saturated carbocycles. The van der Waals surface area contributed by atoms with Crippen molar-refractivity contribution in [2.45, 2.75) is 13.5 Å². The minimum atomic E-state index is -0.388. The molecule has 3 aromatic rings.